The van der Waals surface area contributed by atoms with E-state index in [1.165, 1.54) is 4.90 Å². The van der Waals surface area contributed by atoms with Crippen LogP contribution in [0.1, 0.15) is 35.8 Å². The van der Waals surface area contributed by atoms with Crippen LogP contribution in [-0.4, -0.2) is 50.2 Å². The third-order valence-corrected chi connectivity index (χ3v) is 4.23. The lowest BCUT2D eigenvalue weighted by molar-refractivity contribution is -0.141. The van der Waals surface area contributed by atoms with E-state index in [0.29, 0.717) is 11.7 Å². The Morgan fingerprint density at radius 3 is 2.65 bits per heavy atom. The monoisotopic (exact) mass is 342 g/mol. The maximum atomic E-state index is 12.6. The smallest absolute Gasteiger partial charge is 0.326 e. The second-order valence-corrected chi connectivity index (χ2v) is 6.30. The molecule has 2 heterocycles. The zero-order valence-corrected chi connectivity index (χ0v) is 12.3. The summed E-state index contributed by atoms with van der Waals surface area (Å²) >= 11 is 3.35. The molecule has 1 unspecified atom stereocenters. The maximum Gasteiger partial charge on any atom is 0.326 e. The first-order valence-corrected chi connectivity index (χ1v) is 7.36. The Hall–Kier alpha value is -1.34. The van der Waals surface area contributed by atoms with Gasteiger partial charge in [-0.1, -0.05) is 0 Å². The predicted molar refractivity (Wildman–Crippen MR) is 73.5 cm³/mol. The lowest BCUT2D eigenvalue weighted by Gasteiger charge is -2.21. The first-order valence-electron chi connectivity index (χ1n) is 6.56. The number of carboxylic acid groups (broad SMARTS) is 1. The summed E-state index contributed by atoms with van der Waals surface area (Å²) in [4.78, 5) is 25.0. The van der Waals surface area contributed by atoms with Gasteiger partial charge in [0.25, 0.3) is 5.91 Å². The quantitative estimate of drug-likeness (QED) is 0.865. The molecule has 0 bridgehead atoms. The van der Waals surface area contributed by atoms with E-state index in [1.807, 2.05) is 10.8 Å². The van der Waals surface area contributed by atoms with E-state index < -0.39 is 18.1 Å². The summed E-state index contributed by atoms with van der Waals surface area (Å²) in [6.07, 6.45) is 3.24. The van der Waals surface area contributed by atoms with Crippen LogP contribution in [-0.2, 0) is 4.79 Å². The number of likely N-dealkylation sites (tertiary alicyclic amines) is 1. The fourth-order valence-corrected chi connectivity index (χ4v) is 3.13. The Morgan fingerprint density at radius 2 is 2.05 bits per heavy atom. The van der Waals surface area contributed by atoms with Crippen LogP contribution in [0.4, 0.5) is 0 Å². The van der Waals surface area contributed by atoms with E-state index in [2.05, 4.69) is 15.9 Å². The Balaban J connectivity index is 1.90. The molecular formula is C13H15BrN2O4. The third-order valence-electron chi connectivity index (χ3n) is 3.80. The number of halogens is 1. The van der Waals surface area contributed by atoms with Crippen molar-refractivity contribution in [1.82, 2.24) is 9.47 Å². The van der Waals surface area contributed by atoms with Gasteiger partial charge >= 0.3 is 5.97 Å². The van der Waals surface area contributed by atoms with E-state index in [1.54, 1.807) is 6.07 Å². The molecule has 1 aliphatic heterocycles. The number of β-amino-alcohol motifs (C(OH)–C–C–N with tert-alkyl or cyclic N) is 1. The lowest BCUT2D eigenvalue weighted by atomic mass is 10.2. The van der Waals surface area contributed by atoms with Gasteiger partial charge in [-0.2, -0.15) is 0 Å². The summed E-state index contributed by atoms with van der Waals surface area (Å²) in [7, 11) is 0. The van der Waals surface area contributed by atoms with Gasteiger partial charge < -0.3 is 19.7 Å². The molecule has 108 valence electrons. The predicted octanol–water partition coefficient (Wildman–Crippen LogP) is 1.25. The highest BCUT2D eigenvalue weighted by Gasteiger charge is 2.41. The number of hydrogen-bond acceptors (Lipinski definition) is 3. The number of rotatable bonds is 3. The number of aromatic nitrogens is 1. The van der Waals surface area contributed by atoms with Crippen molar-refractivity contribution in [1.29, 1.82) is 0 Å². The molecule has 1 aromatic rings. The van der Waals surface area contributed by atoms with Gasteiger partial charge in [-0.25, -0.2) is 4.79 Å². The van der Waals surface area contributed by atoms with E-state index in [9.17, 15) is 19.8 Å². The molecule has 2 fully saturated rings. The van der Waals surface area contributed by atoms with Gasteiger partial charge in [0.2, 0.25) is 0 Å². The summed E-state index contributed by atoms with van der Waals surface area (Å²) in [5, 5.41) is 18.8. The van der Waals surface area contributed by atoms with Crippen molar-refractivity contribution in [2.45, 2.75) is 37.5 Å². The van der Waals surface area contributed by atoms with Crippen molar-refractivity contribution in [2.75, 3.05) is 6.54 Å². The molecule has 2 aliphatic rings. The van der Waals surface area contributed by atoms with Crippen molar-refractivity contribution >= 4 is 27.8 Å². The van der Waals surface area contributed by atoms with Gasteiger partial charge in [-0.3, -0.25) is 4.79 Å². The molecule has 20 heavy (non-hydrogen) atoms. The van der Waals surface area contributed by atoms with Crippen LogP contribution < -0.4 is 0 Å². The van der Waals surface area contributed by atoms with Gasteiger partial charge in [0.15, 0.2) is 0 Å². The molecule has 0 radical (unpaired) electrons. The summed E-state index contributed by atoms with van der Waals surface area (Å²) in [6.45, 7) is 0.0727. The molecule has 6 nitrogen and oxygen atoms in total. The number of aliphatic carboxylic acids is 1. The maximum absolute atomic E-state index is 12.6. The molecule has 1 saturated carbocycles. The molecule has 0 spiro atoms. The molecule has 7 heteroatoms. The molecule has 0 aromatic carbocycles. The zero-order chi connectivity index (χ0) is 14.4. The van der Waals surface area contributed by atoms with Crippen LogP contribution in [0.5, 0.6) is 0 Å². The number of amides is 1. The van der Waals surface area contributed by atoms with Gasteiger partial charge in [-0.05, 0) is 34.8 Å². The Labute approximate surface area is 124 Å². The van der Waals surface area contributed by atoms with Crippen LogP contribution >= 0.6 is 15.9 Å². The fourth-order valence-electron chi connectivity index (χ4n) is 2.69. The number of aliphatic hydroxyl groups is 1. The summed E-state index contributed by atoms with van der Waals surface area (Å²) in [6, 6.07) is 1.10. The Morgan fingerprint density at radius 1 is 1.35 bits per heavy atom. The second-order valence-electron chi connectivity index (χ2n) is 5.38. The number of carboxylic acids is 1. The molecule has 1 saturated heterocycles. The van der Waals surface area contributed by atoms with Crippen molar-refractivity contribution < 1.29 is 19.8 Å². The van der Waals surface area contributed by atoms with Crippen molar-refractivity contribution in [3.8, 4) is 0 Å². The van der Waals surface area contributed by atoms with Crippen LogP contribution in [0.3, 0.4) is 0 Å². The number of aliphatic hydroxyl groups excluding tert-OH is 1. The van der Waals surface area contributed by atoms with Gasteiger partial charge in [-0.15, -0.1) is 0 Å². The normalized spacial score (nSPS) is 26.0. The fraction of sp³-hybridized carbons (Fsp3) is 0.538. The van der Waals surface area contributed by atoms with Crippen molar-refractivity contribution in [2.24, 2.45) is 0 Å². The average Bonchev–Trinajstić information content (AvgIpc) is 3.04. The number of carbonyl (C=O) groups is 2. The van der Waals surface area contributed by atoms with Crippen molar-refractivity contribution in [3.63, 3.8) is 0 Å². The van der Waals surface area contributed by atoms with E-state index >= 15 is 0 Å². The highest BCUT2D eigenvalue weighted by atomic mass is 79.9. The van der Waals surface area contributed by atoms with E-state index in [4.69, 9.17) is 0 Å². The minimum absolute atomic E-state index is 0.0727. The SMILES string of the molecule is O=C(O)[C@@H]1CC(O)CN1C(=O)c1cc(Br)cn1C1CC1. The second kappa shape index (κ2) is 4.89. The number of carbonyl (C=O) groups excluding carboxylic acids is 1. The van der Waals surface area contributed by atoms with Crippen LogP contribution in [0.2, 0.25) is 0 Å². The minimum atomic E-state index is -1.07. The van der Waals surface area contributed by atoms with E-state index in [0.717, 1.165) is 17.3 Å². The lowest BCUT2D eigenvalue weighted by Crippen LogP contribution is -2.41. The van der Waals surface area contributed by atoms with Crippen LogP contribution in [0, 0.1) is 0 Å². The number of nitrogens with zero attached hydrogens (tertiary/aromatic N) is 2. The minimum Gasteiger partial charge on any atom is -0.480 e. The van der Waals surface area contributed by atoms with E-state index in [-0.39, 0.29) is 18.9 Å². The summed E-state index contributed by atoms with van der Waals surface area (Å²) < 4.78 is 2.70. The highest BCUT2D eigenvalue weighted by Crippen LogP contribution is 2.38. The Bertz CT molecular complexity index is 567. The Kier molecular flexibility index (Phi) is 3.33. The third kappa shape index (κ3) is 2.35. The summed E-state index contributed by atoms with van der Waals surface area (Å²) in [5.74, 6) is -1.40. The van der Waals surface area contributed by atoms with Gasteiger partial charge in [0.1, 0.15) is 11.7 Å². The first-order chi connectivity index (χ1) is 9.47. The molecule has 1 aliphatic carbocycles. The first kappa shape index (κ1) is 13.6. The van der Waals surface area contributed by atoms with Crippen LogP contribution in [0.15, 0.2) is 16.7 Å². The van der Waals surface area contributed by atoms with Crippen molar-refractivity contribution in [3.05, 3.63) is 22.4 Å². The number of hydrogen-bond donors (Lipinski definition) is 2. The molecule has 1 amide bonds. The topological polar surface area (TPSA) is 82.8 Å². The molecular weight excluding hydrogens is 328 g/mol. The van der Waals surface area contributed by atoms with Gasteiger partial charge in [0, 0.05) is 29.7 Å². The standard InChI is InChI=1S/C13H15BrN2O4/c14-7-3-10(15(5-7)8-1-2-8)12(18)16-6-9(17)4-11(16)13(19)20/h3,5,8-9,11,17H,1-2,4,6H2,(H,19,20)/t9?,11-/m0/s1. The molecule has 1 aromatic heterocycles. The molecule has 2 atom stereocenters. The van der Waals surface area contributed by atoms with Crippen LogP contribution in [0.25, 0.3) is 0 Å². The largest absolute Gasteiger partial charge is 0.480 e. The average molecular weight is 343 g/mol. The van der Waals surface area contributed by atoms with Gasteiger partial charge in [0.05, 0.1) is 6.10 Å². The summed E-state index contributed by atoms with van der Waals surface area (Å²) in [5.41, 5.74) is 0.486. The molecule has 2 N–H and O–H groups in total. The zero-order valence-electron chi connectivity index (χ0n) is 10.7. The highest BCUT2D eigenvalue weighted by molar-refractivity contribution is 9.10. The molecule has 3 rings (SSSR count).